The number of carbonyl (C=O) groups is 1. The average Bonchev–Trinajstić information content (AvgIpc) is 3.26. The maximum Gasteiger partial charge on any atom is 0.573 e. The van der Waals surface area contributed by atoms with E-state index in [2.05, 4.69) is 4.74 Å². The zero-order valence-electron chi connectivity index (χ0n) is 15.7. The van der Waals surface area contributed by atoms with Crippen molar-refractivity contribution in [2.45, 2.75) is 6.36 Å². The Bertz CT molecular complexity index is 1240. The topological polar surface area (TPSA) is 66.5 Å². The lowest BCUT2D eigenvalue weighted by molar-refractivity contribution is -0.274. The molecule has 5 nitrogen and oxygen atoms in total. The van der Waals surface area contributed by atoms with Gasteiger partial charge in [-0.15, -0.1) is 13.2 Å². The van der Waals surface area contributed by atoms with Crippen molar-refractivity contribution in [3.05, 3.63) is 75.3 Å². The molecule has 2 aromatic carbocycles. The van der Waals surface area contributed by atoms with Crippen molar-refractivity contribution in [2.24, 2.45) is 0 Å². The van der Waals surface area contributed by atoms with E-state index in [0.717, 1.165) is 28.8 Å². The van der Waals surface area contributed by atoms with Crippen LogP contribution in [-0.4, -0.2) is 17.4 Å². The number of nitrogens with zero attached hydrogens (tertiary/aromatic N) is 1. The minimum atomic E-state index is -4.82. The Hall–Kier alpha value is -2.88. The summed E-state index contributed by atoms with van der Waals surface area (Å²) < 4.78 is 46.5. The molecular weight excluding hydrogens is 488 g/mol. The fraction of sp³-hybridized carbons (Fsp3) is 0.0476. The highest BCUT2D eigenvalue weighted by Gasteiger charge is 2.34. The molecule has 1 N–H and O–H groups in total. The molecule has 1 aliphatic rings. The fourth-order valence-electron chi connectivity index (χ4n) is 2.91. The molecule has 1 aliphatic heterocycles. The fourth-order valence-corrected chi connectivity index (χ4v) is 4.26. The van der Waals surface area contributed by atoms with Gasteiger partial charge < -0.3 is 9.15 Å². The molecule has 0 bridgehead atoms. The van der Waals surface area contributed by atoms with Gasteiger partial charge in [-0.2, -0.15) is 0 Å². The van der Waals surface area contributed by atoms with E-state index in [1.165, 1.54) is 18.2 Å². The van der Waals surface area contributed by atoms with Gasteiger partial charge in [0.05, 0.1) is 15.6 Å². The Morgan fingerprint density at radius 1 is 1.06 bits per heavy atom. The molecule has 11 heteroatoms. The maximum atomic E-state index is 12.8. The van der Waals surface area contributed by atoms with Crippen LogP contribution in [0.4, 0.5) is 18.9 Å². The molecule has 1 saturated heterocycles. The predicted octanol–water partition coefficient (Wildman–Crippen LogP) is 7.21. The lowest BCUT2D eigenvalue weighted by Gasteiger charge is -2.15. The normalized spacial score (nSPS) is 15.7. The van der Waals surface area contributed by atoms with E-state index in [1.807, 2.05) is 0 Å². The van der Waals surface area contributed by atoms with E-state index in [4.69, 9.17) is 33.0 Å². The second-order valence-corrected chi connectivity index (χ2v) is 8.30. The number of ether oxygens (including phenoxy) is 1. The van der Waals surface area contributed by atoms with Crippen LogP contribution in [0.2, 0.25) is 10.0 Å². The number of amides is 1. The third kappa shape index (κ3) is 4.79. The van der Waals surface area contributed by atoms with E-state index >= 15 is 0 Å². The van der Waals surface area contributed by atoms with Gasteiger partial charge in [-0.25, -0.2) is 0 Å². The van der Waals surface area contributed by atoms with Crippen molar-refractivity contribution >= 4 is 57.8 Å². The highest BCUT2D eigenvalue weighted by atomic mass is 35.5. The average molecular weight is 499 g/mol. The molecule has 164 valence electrons. The number of alkyl halides is 3. The number of nitrogens with one attached hydrogen (secondary N) is 1. The van der Waals surface area contributed by atoms with Crippen LogP contribution in [0.5, 0.6) is 5.75 Å². The molecule has 0 spiro atoms. The molecule has 0 radical (unpaired) electrons. The third-order valence-electron chi connectivity index (χ3n) is 4.25. The first-order chi connectivity index (χ1) is 15.1. The van der Waals surface area contributed by atoms with Crippen LogP contribution in [0.25, 0.3) is 17.4 Å². The Balaban J connectivity index is 1.55. The number of carbonyl (C=O) groups excluding carboxylic acids is 1. The molecule has 0 unspecified atom stereocenters. The summed E-state index contributed by atoms with van der Waals surface area (Å²) in [5.74, 6) is -0.0922. The van der Waals surface area contributed by atoms with E-state index in [0.29, 0.717) is 27.1 Å². The predicted molar refractivity (Wildman–Crippen MR) is 118 cm³/mol. The van der Waals surface area contributed by atoms with Crippen molar-refractivity contribution in [1.29, 1.82) is 5.41 Å². The molecule has 0 saturated carbocycles. The van der Waals surface area contributed by atoms with Crippen molar-refractivity contribution in [3.8, 4) is 17.1 Å². The van der Waals surface area contributed by atoms with Crippen LogP contribution in [-0.2, 0) is 4.79 Å². The van der Waals surface area contributed by atoms with Gasteiger partial charge in [-0.3, -0.25) is 15.1 Å². The van der Waals surface area contributed by atoms with Crippen LogP contribution in [0, 0.1) is 5.41 Å². The molecular formula is C21H11Cl2F3N2O3S. The van der Waals surface area contributed by atoms with Gasteiger partial charge in [0, 0.05) is 16.7 Å². The minimum absolute atomic E-state index is 0.0988. The van der Waals surface area contributed by atoms with Crippen molar-refractivity contribution < 1.29 is 27.1 Å². The van der Waals surface area contributed by atoms with Crippen molar-refractivity contribution in [3.63, 3.8) is 0 Å². The van der Waals surface area contributed by atoms with Gasteiger partial charge in [0.2, 0.25) is 0 Å². The summed E-state index contributed by atoms with van der Waals surface area (Å²) in [4.78, 5) is 14.1. The summed E-state index contributed by atoms with van der Waals surface area (Å²) in [6.07, 6.45) is -3.34. The smallest absolute Gasteiger partial charge is 0.457 e. The van der Waals surface area contributed by atoms with E-state index < -0.39 is 18.0 Å². The second-order valence-electron chi connectivity index (χ2n) is 6.42. The van der Waals surface area contributed by atoms with Crippen LogP contribution in [0.15, 0.2) is 63.9 Å². The number of benzene rings is 2. The van der Waals surface area contributed by atoms with E-state index in [9.17, 15) is 18.0 Å². The number of anilines is 1. The summed E-state index contributed by atoms with van der Waals surface area (Å²) in [5, 5.41) is 8.90. The van der Waals surface area contributed by atoms with Crippen LogP contribution in [0.3, 0.4) is 0 Å². The Labute approximate surface area is 193 Å². The molecule has 32 heavy (non-hydrogen) atoms. The van der Waals surface area contributed by atoms with Gasteiger partial charge in [-0.1, -0.05) is 23.2 Å². The van der Waals surface area contributed by atoms with Crippen LogP contribution in [0.1, 0.15) is 5.76 Å². The molecule has 0 atom stereocenters. The summed E-state index contributed by atoms with van der Waals surface area (Å²) in [7, 11) is 0. The number of thioether (sulfide) groups is 1. The Kier molecular flexibility index (Phi) is 5.98. The first-order valence-electron chi connectivity index (χ1n) is 8.84. The minimum Gasteiger partial charge on any atom is -0.457 e. The summed E-state index contributed by atoms with van der Waals surface area (Å²) in [6.45, 7) is 0. The summed E-state index contributed by atoms with van der Waals surface area (Å²) in [6, 6.07) is 13.0. The number of hydrogen-bond acceptors (Lipinski definition) is 5. The SMILES string of the molecule is N=C1SC(=Cc2ccc(-c3ccc(Cl)cc3Cl)o2)C(=O)N1c1ccc(OC(F)(F)F)cc1. The third-order valence-corrected chi connectivity index (χ3v) is 5.68. The summed E-state index contributed by atoms with van der Waals surface area (Å²) >= 11 is 13.0. The van der Waals surface area contributed by atoms with Gasteiger partial charge in [0.1, 0.15) is 17.3 Å². The molecule has 0 aliphatic carbocycles. The molecule has 4 rings (SSSR count). The first kappa shape index (κ1) is 22.3. The molecule has 1 amide bonds. The summed E-state index contributed by atoms with van der Waals surface area (Å²) in [5.41, 5.74) is 0.861. The second kappa shape index (κ2) is 8.57. The molecule has 1 fully saturated rings. The number of amidine groups is 1. The van der Waals surface area contributed by atoms with Crippen LogP contribution < -0.4 is 9.64 Å². The number of furan rings is 1. The largest absolute Gasteiger partial charge is 0.573 e. The van der Waals surface area contributed by atoms with Crippen LogP contribution >= 0.6 is 35.0 Å². The van der Waals surface area contributed by atoms with E-state index in [1.54, 1.807) is 30.3 Å². The molecule has 3 aromatic rings. The zero-order valence-corrected chi connectivity index (χ0v) is 18.1. The highest BCUT2D eigenvalue weighted by molar-refractivity contribution is 8.19. The number of halogens is 5. The maximum absolute atomic E-state index is 12.8. The van der Waals surface area contributed by atoms with Crippen molar-refractivity contribution in [1.82, 2.24) is 0 Å². The Morgan fingerprint density at radius 2 is 1.78 bits per heavy atom. The van der Waals surface area contributed by atoms with Gasteiger partial charge in [-0.05, 0) is 66.4 Å². The van der Waals surface area contributed by atoms with Gasteiger partial charge >= 0.3 is 6.36 Å². The molecule has 2 heterocycles. The monoisotopic (exact) mass is 498 g/mol. The van der Waals surface area contributed by atoms with Gasteiger partial charge in [0.15, 0.2) is 5.17 Å². The number of rotatable bonds is 4. The number of hydrogen-bond donors (Lipinski definition) is 1. The Morgan fingerprint density at radius 3 is 2.44 bits per heavy atom. The quantitative estimate of drug-likeness (QED) is 0.386. The van der Waals surface area contributed by atoms with Gasteiger partial charge in [0.25, 0.3) is 5.91 Å². The lowest BCUT2D eigenvalue weighted by Crippen LogP contribution is -2.28. The van der Waals surface area contributed by atoms with E-state index in [-0.39, 0.29) is 15.8 Å². The lowest BCUT2D eigenvalue weighted by atomic mass is 10.2. The first-order valence-corrected chi connectivity index (χ1v) is 10.4. The standard InChI is InChI=1S/C21H11Cl2F3N2O3S/c22-11-1-7-15(16(23)9-11)17-8-6-14(30-17)10-18-19(29)28(20(27)32-18)12-2-4-13(5-3-12)31-21(24,25)26/h1-10,27H. The highest BCUT2D eigenvalue weighted by Crippen LogP contribution is 2.37. The zero-order chi connectivity index (χ0) is 23.0. The molecule has 1 aromatic heterocycles. The van der Waals surface area contributed by atoms with Crippen molar-refractivity contribution in [2.75, 3.05) is 4.90 Å².